The number of aromatic nitrogens is 2. The molecule has 6 nitrogen and oxygen atoms in total. The van der Waals surface area contributed by atoms with Crippen molar-refractivity contribution >= 4 is 23.6 Å². The van der Waals surface area contributed by atoms with Gasteiger partial charge in [0.2, 0.25) is 5.88 Å². The predicted molar refractivity (Wildman–Crippen MR) is 70.6 cm³/mol. The topological polar surface area (TPSA) is 80.6 Å². The Labute approximate surface area is 108 Å². The number of nitrogens with zero attached hydrogens (tertiary/aromatic N) is 3. The molecule has 0 fully saturated rings. The molecule has 3 rings (SSSR count). The Hall–Kier alpha value is -2.63. The normalized spacial score (nSPS) is 15.1. The molecule has 0 saturated heterocycles. The Morgan fingerprint density at radius 2 is 2.37 bits per heavy atom. The largest absolute Gasteiger partial charge is 0.492 e. The van der Waals surface area contributed by atoms with Crippen molar-refractivity contribution in [3.05, 3.63) is 40.3 Å². The Bertz CT molecular complexity index is 753. The van der Waals surface area contributed by atoms with Gasteiger partial charge in [-0.15, -0.1) is 0 Å². The summed E-state index contributed by atoms with van der Waals surface area (Å²) >= 11 is 0. The van der Waals surface area contributed by atoms with E-state index < -0.39 is 5.76 Å². The lowest BCUT2D eigenvalue weighted by molar-refractivity contribution is 0.417. The molecule has 1 aliphatic rings. The third-order valence-electron chi connectivity index (χ3n) is 2.95. The molecule has 96 valence electrons. The van der Waals surface area contributed by atoms with E-state index in [2.05, 4.69) is 9.98 Å². The fourth-order valence-electron chi connectivity index (χ4n) is 1.97. The Morgan fingerprint density at radius 3 is 3.11 bits per heavy atom. The summed E-state index contributed by atoms with van der Waals surface area (Å²) in [6, 6.07) is 1.79. The molecule has 2 aromatic rings. The highest BCUT2D eigenvalue weighted by Crippen LogP contribution is 2.32. The van der Waals surface area contributed by atoms with E-state index in [0.717, 1.165) is 21.4 Å². The van der Waals surface area contributed by atoms with Crippen LogP contribution < -0.4 is 5.76 Å². The van der Waals surface area contributed by atoms with Crippen LogP contribution in [-0.4, -0.2) is 20.9 Å². The molecule has 2 aromatic heterocycles. The Morgan fingerprint density at radius 1 is 1.53 bits per heavy atom. The van der Waals surface area contributed by atoms with Crippen LogP contribution in [0.5, 0.6) is 5.88 Å². The molecule has 3 heterocycles. The van der Waals surface area contributed by atoms with Gasteiger partial charge in [-0.05, 0) is 19.1 Å². The highest BCUT2D eigenvalue weighted by molar-refractivity contribution is 6.21. The third-order valence-corrected chi connectivity index (χ3v) is 2.95. The molecule has 1 aliphatic heterocycles. The number of hydrogen-bond acceptors (Lipinski definition) is 5. The zero-order chi connectivity index (χ0) is 13.4. The molecule has 0 saturated carbocycles. The van der Waals surface area contributed by atoms with Gasteiger partial charge in [-0.25, -0.2) is 9.36 Å². The monoisotopic (exact) mass is 257 g/mol. The summed E-state index contributed by atoms with van der Waals surface area (Å²) in [7, 11) is 0. The summed E-state index contributed by atoms with van der Waals surface area (Å²) in [6.07, 6.45) is 6.57. The van der Waals surface area contributed by atoms with Crippen LogP contribution in [0.4, 0.5) is 5.69 Å². The SMILES string of the molecule is CCn1c(O)c(C=C2C=Nc3ccncc32)oc1=O. The maximum atomic E-state index is 11.5. The first-order valence-corrected chi connectivity index (χ1v) is 5.83. The fraction of sp³-hybridized carbons (Fsp3) is 0.154. The first-order valence-electron chi connectivity index (χ1n) is 5.83. The van der Waals surface area contributed by atoms with Gasteiger partial charge in [0.25, 0.3) is 0 Å². The molecule has 0 unspecified atom stereocenters. The second-order valence-electron chi connectivity index (χ2n) is 4.05. The van der Waals surface area contributed by atoms with Crippen molar-refractivity contribution in [2.45, 2.75) is 13.5 Å². The molecule has 0 atom stereocenters. The summed E-state index contributed by atoms with van der Waals surface area (Å²) in [5.74, 6) is -0.621. The van der Waals surface area contributed by atoms with E-state index >= 15 is 0 Å². The van der Waals surface area contributed by atoms with Crippen molar-refractivity contribution in [2.75, 3.05) is 0 Å². The van der Waals surface area contributed by atoms with Gasteiger partial charge in [-0.2, -0.15) is 0 Å². The lowest BCUT2D eigenvalue weighted by atomic mass is 10.1. The van der Waals surface area contributed by atoms with Crippen LogP contribution in [0, 0.1) is 0 Å². The second kappa shape index (κ2) is 4.24. The quantitative estimate of drug-likeness (QED) is 0.889. The van der Waals surface area contributed by atoms with E-state index in [1.54, 1.807) is 37.7 Å². The van der Waals surface area contributed by atoms with Crippen molar-refractivity contribution < 1.29 is 9.52 Å². The van der Waals surface area contributed by atoms with Gasteiger partial charge in [-0.1, -0.05) is 0 Å². The third kappa shape index (κ3) is 1.77. The molecule has 0 amide bonds. The number of oxazole rings is 1. The standard InChI is InChI=1S/C13H11N3O3/c1-2-16-12(17)11(19-13(16)18)5-8-6-15-10-3-4-14-7-9(8)10/h3-7,17H,2H2,1H3. The van der Waals surface area contributed by atoms with E-state index in [1.807, 2.05) is 0 Å². The molecule has 6 heteroatoms. The van der Waals surface area contributed by atoms with Crippen molar-refractivity contribution in [1.29, 1.82) is 0 Å². The number of allylic oxidation sites excluding steroid dienone is 1. The van der Waals surface area contributed by atoms with Crippen molar-refractivity contribution in [1.82, 2.24) is 9.55 Å². The number of rotatable bonds is 2. The van der Waals surface area contributed by atoms with Crippen molar-refractivity contribution in [2.24, 2.45) is 4.99 Å². The predicted octanol–water partition coefficient (Wildman–Crippen LogP) is 1.82. The van der Waals surface area contributed by atoms with Gasteiger partial charge >= 0.3 is 5.76 Å². The summed E-state index contributed by atoms with van der Waals surface area (Å²) in [4.78, 5) is 19.7. The molecule has 19 heavy (non-hydrogen) atoms. The van der Waals surface area contributed by atoms with Gasteiger partial charge in [0.1, 0.15) is 0 Å². The first-order chi connectivity index (χ1) is 9.20. The van der Waals surface area contributed by atoms with Crippen LogP contribution >= 0.6 is 0 Å². The minimum atomic E-state index is -0.576. The van der Waals surface area contributed by atoms with E-state index in [-0.39, 0.29) is 11.6 Å². The van der Waals surface area contributed by atoms with E-state index in [1.165, 1.54) is 0 Å². The first kappa shape index (κ1) is 11.5. The van der Waals surface area contributed by atoms with Gasteiger partial charge in [0.15, 0.2) is 5.76 Å². The van der Waals surface area contributed by atoms with Crippen LogP contribution in [0.15, 0.2) is 32.7 Å². The molecular weight excluding hydrogens is 246 g/mol. The summed E-state index contributed by atoms with van der Waals surface area (Å²) in [5.41, 5.74) is 2.39. The van der Waals surface area contributed by atoms with Crippen molar-refractivity contribution in [3.63, 3.8) is 0 Å². The summed E-state index contributed by atoms with van der Waals surface area (Å²) in [5, 5.41) is 9.88. The number of aromatic hydroxyl groups is 1. The minimum absolute atomic E-state index is 0.130. The zero-order valence-electron chi connectivity index (χ0n) is 10.2. The van der Waals surface area contributed by atoms with E-state index in [9.17, 15) is 9.90 Å². The van der Waals surface area contributed by atoms with E-state index in [4.69, 9.17) is 4.42 Å². The van der Waals surface area contributed by atoms with Crippen LogP contribution in [0.2, 0.25) is 0 Å². The van der Waals surface area contributed by atoms with Crippen LogP contribution in [0.1, 0.15) is 18.2 Å². The van der Waals surface area contributed by atoms with Crippen LogP contribution in [0.3, 0.4) is 0 Å². The average molecular weight is 257 g/mol. The highest BCUT2D eigenvalue weighted by atomic mass is 16.4. The molecule has 0 radical (unpaired) electrons. The Kier molecular flexibility index (Phi) is 2.56. The molecule has 1 N–H and O–H groups in total. The lowest BCUT2D eigenvalue weighted by Gasteiger charge is -1.97. The number of aliphatic imine (C=N–C) groups is 1. The van der Waals surface area contributed by atoms with E-state index in [0.29, 0.717) is 6.54 Å². The Balaban J connectivity index is 2.10. The number of pyridine rings is 1. The summed E-state index contributed by atoms with van der Waals surface area (Å²) < 4.78 is 6.17. The minimum Gasteiger partial charge on any atom is -0.492 e. The molecule has 0 spiro atoms. The summed E-state index contributed by atoms with van der Waals surface area (Å²) in [6.45, 7) is 2.10. The van der Waals surface area contributed by atoms with Crippen LogP contribution in [0.25, 0.3) is 11.6 Å². The van der Waals surface area contributed by atoms with Gasteiger partial charge in [0.05, 0.1) is 5.69 Å². The maximum Gasteiger partial charge on any atom is 0.422 e. The lowest BCUT2D eigenvalue weighted by Crippen LogP contribution is -2.11. The number of hydrogen-bond donors (Lipinski definition) is 1. The van der Waals surface area contributed by atoms with Gasteiger partial charge < -0.3 is 9.52 Å². The van der Waals surface area contributed by atoms with Crippen LogP contribution in [-0.2, 0) is 6.54 Å². The smallest absolute Gasteiger partial charge is 0.422 e. The second-order valence-corrected chi connectivity index (χ2v) is 4.05. The molecular formula is C13H11N3O3. The fourth-order valence-corrected chi connectivity index (χ4v) is 1.97. The zero-order valence-corrected chi connectivity index (χ0v) is 10.2. The number of fused-ring (bicyclic) bond motifs is 1. The van der Waals surface area contributed by atoms with Gasteiger partial charge in [-0.3, -0.25) is 9.98 Å². The molecule has 0 aromatic carbocycles. The molecule has 0 aliphatic carbocycles. The van der Waals surface area contributed by atoms with Gasteiger partial charge in [0, 0.05) is 36.3 Å². The molecule has 0 bridgehead atoms. The van der Waals surface area contributed by atoms with Crippen molar-refractivity contribution in [3.8, 4) is 5.88 Å². The average Bonchev–Trinajstić information content (AvgIpc) is 2.93. The highest BCUT2D eigenvalue weighted by Gasteiger charge is 2.17. The maximum absolute atomic E-state index is 11.5.